The second-order valence-electron chi connectivity index (χ2n) is 3.91. The third-order valence-corrected chi connectivity index (χ3v) is 4.59. The molecular formula is C14H10BrClF2S. The van der Waals surface area contributed by atoms with E-state index in [0.29, 0.717) is 10.8 Å². The molecule has 100 valence electrons. The van der Waals surface area contributed by atoms with Crippen molar-refractivity contribution < 1.29 is 8.78 Å². The summed E-state index contributed by atoms with van der Waals surface area (Å²) in [6, 6.07) is 10.1. The van der Waals surface area contributed by atoms with Gasteiger partial charge in [-0.2, -0.15) is 11.8 Å². The van der Waals surface area contributed by atoms with Crippen molar-refractivity contribution in [3.63, 3.8) is 0 Å². The first-order chi connectivity index (χ1) is 9.09. The highest BCUT2D eigenvalue weighted by Gasteiger charge is 2.12. The monoisotopic (exact) mass is 362 g/mol. The van der Waals surface area contributed by atoms with Crippen molar-refractivity contribution in [3.05, 3.63) is 68.7 Å². The molecule has 2 rings (SSSR count). The maximum atomic E-state index is 13.7. The van der Waals surface area contributed by atoms with Crippen LogP contribution in [0, 0.1) is 11.6 Å². The average molecular weight is 364 g/mol. The molecule has 2 aromatic rings. The van der Waals surface area contributed by atoms with E-state index in [1.54, 1.807) is 6.07 Å². The van der Waals surface area contributed by atoms with Crippen molar-refractivity contribution in [2.24, 2.45) is 0 Å². The van der Waals surface area contributed by atoms with Crippen LogP contribution >= 0.6 is 39.3 Å². The lowest BCUT2D eigenvalue weighted by Gasteiger charge is -2.07. The summed E-state index contributed by atoms with van der Waals surface area (Å²) in [7, 11) is 0. The molecule has 0 aliphatic heterocycles. The summed E-state index contributed by atoms with van der Waals surface area (Å²) in [6.45, 7) is 0. The fourth-order valence-corrected chi connectivity index (χ4v) is 3.28. The zero-order valence-corrected chi connectivity index (χ0v) is 13.0. The predicted molar refractivity (Wildman–Crippen MR) is 80.5 cm³/mol. The van der Waals surface area contributed by atoms with E-state index in [0.717, 1.165) is 5.56 Å². The normalized spacial score (nSPS) is 10.7. The van der Waals surface area contributed by atoms with Crippen molar-refractivity contribution in [2.45, 2.75) is 11.5 Å². The molecule has 2 aromatic carbocycles. The molecular weight excluding hydrogens is 354 g/mol. The molecule has 0 bridgehead atoms. The summed E-state index contributed by atoms with van der Waals surface area (Å²) >= 11 is 10.5. The Labute approximate surface area is 128 Å². The molecule has 0 saturated carbocycles. The molecule has 0 nitrogen and oxygen atoms in total. The van der Waals surface area contributed by atoms with Gasteiger partial charge in [0.1, 0.15) is 11.6 Å². The van der Waals surface area contributed by atoms with Gasteiger partial charge in [-0.05, 0) is 39.7 Å². The second-order valence-corrected chi connectivity index (χ2v) is 6.15. The topological polar surface area (TPSA) is 0 Å². The largest absolute Gasteiger partial charge is 0.207 e. The van der Waals surface area contributed by atoms with Crippen molar-refractivity contribution in [1.29, 1.82) is 0 Å². The van der Waals surface area contributed by atoms with Crippen LogP contribution in [0.5, 0.6) is 0 Å². The predicted octanol–water partition coefficient (Wildman–Crippen LogP) is 5.81. The van der Waals surface area contributed by atoms with Gasteiger partial charge in [0.2, 0.25) is 0 Å². The smallest absolute Gasteiger partial charge is 0.144 e. The summed E-state index contributed by atoms with van der Waals surface area (Å²) < 4.78 is 27.6. The van der Waals surface area contributed by atoms with Crippen LogP contribution in [-0.4, -0.2) is 0 Å². The summed E-state index contributed by atoms with van der Waals surface area (Å²) in [6.07, 6.45) is 0. The van der Waals surface area contributed by atoms with Crippen LogP contribution in [0.2, 0.25) is 5.02 Å². The van der Waals surface area contributed by atoms with Gasteiger partial charge >= 0.3 is 0 Å². The van der Waals surface area contributed by atoms with Crippen LogP contribution in [0.1, 0.15) is 11.1 Å². The minimum Gasteiger partial charge on any atom is -0.207 e. The van der Waals surface area contributed by atoms with E-state index in [4.69, 9.17) is 11.6 Å². The van der Waals surface area contributed by atoms with Crippen LogP contribution in [0.25, 0.3) is 0 Å². The average Bonchev–Trinajstić information content (AvgIpc) is 2.40. The highest BCUT2D eigenvalue weighted by molar-refractivity contribution is 9.10. The number of hydrogen-bond acceptors (Lipinski definition) is 1. The van der Waals surface area contributed by atoms with Gasteiger partial charge in [0.15, 0.2) is 0 Å². The third-order valence-electron chi connectivity index (χ3n) is 2.60. The molecule has 0 amide bonds. The van der Waals surface area contributed by atoms with Crippen LogP contribution in [-0.2, 0) is 11.5 Å². The van der Waals surface area contributed by atoms with Gasteiger partial charge in [0.05, 0.1) is 4.47 Å². The Morgan fingerprint density at radius 3 is 2.53 bits per heavy atom. The highest BCUT2D eigenvalue weighted by atomic mass is 79.9. The molecule has 0 spiro atoms. The molecule has 19 heavy (non-hydrogen) atoms. The molecule has 0 unspecified atom stereocenters. The van der Waals surface area contributed by atoms with Crippen molar-refractivity contribution in [1.82, 2.24) is 0 Å². The minimum atomic E-state index is -0.536. The van der Waals surface area contributed by atoms with Gasteiger partial charge in [-0.3, -0.25) is 0 Å². The first-order valence-corrected chi connectivity index (χ1v) is 7.85. The number of rotatable bonds is 4. The quantitative estimate of drug-likeness (QED) is 0.617. The van der Waals surface area contributed by atoms with Gasteiger partial charge in [-0.25, -0.2) is 8.78 Å². The Morgan fingerprint density at radius 2 is 1.79 bits per heavy atom. The number of thioether (sulfide) groups is 1. The van der Waals surface area contributed by atoms with Crippen molar-refractivity contribution >= 4 is 39.3 Å². The Kier molecular flexibility index (Phi) is 5.25. The van der Waals surface area contributed by atoms with Gasteiger partial charge in [0, 0.05) is 22.1 Å². The number of benzene rings is 2. The summed E-state index contributed by atoms with van der Waals surface area (Å²) in [5.74, 6) is -0.174. The van der Waals surface area contributed by atoms with Gasteiger partial charge < -0.3 is 0 Å². The molecule has 0 saturated heterocycles. The summed E-state index contributed by atoms with van der Waals surface area (Å²) in [4.78, 5) is 0. The zero-order chi connectivity index (χ0) is 13.8. The zero-order valence-electron chi connectivity index (χ0n) is 9.80. The maximum absolute atomic E-state index is 13.7. The second kappa shape index (κ2) is 6.73. The Balaban J connectivity index is 2.04. The van der Waals surface area contributed by atoms with Crippen LogP contribution in [0.4, 0.5) is 8.78 Å². The van der Waals surface area contributed by atoms with Crippen molar-refractivity contribution in [2.75, 3.05) is 0 Å². The molecule has 0 N–H and O–H groups in total. The molecule has 0 aliphatic rings. The van der Waals surface area contributed by atoms with Crippen LogP contribution in [0.15, 0.2) is 40.9 Å². The van der Waals surface area contributed by atoms with Crippen molar-refractivity contribution in [3.8, 4) is 0 Å². The highest BCUT2D eigenvalue weighted by Crippen LogP contribution is 2.28. The lowest BCUT2D eigenvalue weighted by molar-refractivity contribution is 0.562. The standard InChI is InChI=1S/C14H10BrClF2S/c15-11-5-6-13(17)10(14(11)18)8-19-7-9-3-1-2-4-12(9)16/h1-6H,7-8H2. The number of hydrogen-bond donors (Lipinski definition) is 0. The van der Waals surface area contributed by atoms with E-state index in [1.165, 1.54) is 23.9 Å². The minimum absolute atomic E-state index is 0.0893. The molecule has 0 aliphatic carbocycles. The first kappa shape index (κ1) is 14.8. The molecule has 0 heterocycles. The van der Waals surface area contributed by atoms with E-state index in [1.807, 2.05) is 18.2 Å². The molecule has 0 atom stereocenters. The SMILES string of the molecule is Fc1ccc(Br)c(F)c1CSCc1ccccc1Cl. The molecule has 0 aromatic heterocycles. The first-order valence-electron chi connectivity index (χ1n) is 5.53. The van der Waals surface area contributed by atoms with E-state index >= 15 is 0 Å². The van der Waals surface area contributed by atoms with E-state index in [9.17, 15) is 8.78 Å². The number of halogens is 4. The Bertz CT molecular complexity index is 590. The Morgan fingerprint density at radius 1 is 1.05 bits per heavy atom. The summed E-state index contributed by atoms with van der Waals surface area (Å²) in [5, 5.41) is 0.671. The van der Waals surface area contributed by atoms with Crippen LogP contribution in [0.3, 0.4) is 0 Å². The Hall–Kier alpha value is -0.580. The van der Waals surface area contributed by atoms with Crippen LogP contribution < -0.4 is 0 Å². The van der Waals surface area contributed by atoms with E-state index in [2.05, 4.69) is 15.9 Å². The van der Waals surface area contributed by atoms with E-state index < -0.39 is 11.6 Å². The molecule has 0 fully saturated rings. The van der Waals surface area contributed by atoms with E-state index in [-0.39, 0.29) is 15.8 Å². The fraction of sp³-hybridized carbons (Fsp3) is 0.143. The molecule has 5 heteroatoms. The molecule has 0 radical (unpaired) electrons. The summed E-state index contributed by atoms with van der Waals surface area (Å²) in [5.41, 5.74) is 1.05. The maximum Gasteiger partial charge on any atom is 0.144 e. The fourth-order valence-electron chi connectivity index (χ4n) is 1.58. The lowest BCUT2D eigenvalue weighted by Crippen LogP contribution is -1.95. The third kappa shape index (κ3) is 3.71. The lowest BCUT2D eigenvalue weighted by atomic mass is 10.2. The van der Waals surface area contributed by atoms with Gasteiger partial charge in [-0.1, -0.05) is 29.8 Å². The van der Waals surface area contributed by atoms with Gasteiger partial charge in [-0.15, -0.1) is 0 Å². The van der Waals surface area contributed by atoms with Gasteiger partial charge in [0.25, 0.3) is 0 Å².